The third-order valence-electron chi connectivity index (χ3n) is 8.33. The Kier molecular flexibility index (Phi) is 31.7. The van der Waals surface area contributed by atoms with Crippen LogP contribution in [-0.2, 0) is 4.79 Å². The Morgan fingerprint density at radius 1 is 0.474 bits per heavy atom. The molecule has 0 saturated heterocycles. The average Bonchev–Trinajstić information content (AvgIpc) is 2.91. The maximum absolute atomic E-state index is 11.8. The molecule has 0 aliphatic heterocycles. The first kappa shape index (κ1) is 37.2. The van der Waals surface area contributed by atoms with Crippen LogP contribution in [0.2, 0.25) is 0 Å². The molecule has 0 radical (unpaired) electrons. The molecule has 2 N–H and O–H groups in total. The maximum atomic E-state index is 11.8. The van der Waals surface area contributed by atoms with E-state index in [0.29, 0.717) is 0 Å². The fourth-order valence-corrected chi connectivity index (χ4v) is 5.61. The first-order chi connectivity index (χ1) is 18.7. The van der Waals surface area contributed by atoms with Crippen molar-refractivity contribution in [1.82, 2.24) is 0 Å². The average molecular weight is 534 g/mol. The molecule has 2 heteroatoms. The normalized spacial score (nSPS) is 12.5. The van der Waals surface area contributed by atoms with E-state index in [1.807, 2.05) is 0 Å². The molecule has 1 atom stereocenters. The number of unbranched alkanes of at least 4 members (excludes halogenated alkanes) is 27. The van der Waals surface area contributed by atoms with Crippen LogP contribution in [0.15, 0.2) is 12.2 Å². The lowest BCUT2D eigenvalue weighted by Gasteiger charge is -2.08. The molecular weight excluding hydrogens is 462 g/mol. The van der Waals surface area contributed by atoms with Crippen LogP contribution < -0.4 is 5.73 Å². The van der Waals surface area contributed by atoms with E-state index in [-0.39, 0.29) is 11.8 Å². The van der Waals surface area contributed by atoms with E-state index in [0.717, 1.165) is 19.3 Å². The standard InChI is InChI=1S/C36H71NO/c1-3-5-7-9-11-13-15-17-18-19-20-21-22-24-26-28-30-32-34-35(36(37)38)33-31-29-27-25-23-16-14-12-10-8-6-4-2/h32,34-35H,3-31,33H2,1-2H3,(H2,37,38)/b34-32+. The van der Waals surface area contributed by atoms with E-state index in [1.165, 1.54) is 173 Å². The van der Waals surface area contributed by atoms with Gasteiger partial charge >= 0.3 is 0 Å². The summed E-state index contributed by atoms with van der Waals surface area (Å²) < 4.78 is 0. The zero-order valence-electron chi connectivity index (χ0n) is 26.4. The van der Waals surface area contributed by atoms with Gasteiger partial charge in [-0.1, -0.05) is 199 Å². The summed E-state index contributed by atoms with van der Waals surface area (Å²) in [6, 6.07) is 0. The van der Waals surface area contributed by atoms with Gasteiger partial charge in [0.2, 0.25) is 5.91 Å². The zero-order chi connectivity index (χ0) is 27.8. The van der Waals surface area contributed by atoms with Crippen LogP contribution >= 0.6 is 0 Å². The highest BCUT2D eigenvalue weighted by Crippen LogP contribution is 2.17. The second kappa shape index (κ2) is 32.4. The number of primary amides is 1. The summed E-state index contributed by atoms with van der Waals surface area (Å²) >= 11 is 0. The number of amides is 1. The Balaban J connectivity index is 3.45. The van der Waals surface area contributed by atoms with Gasteiger partial charge in [-0.15, -0.1) is 0 Å². The molecule has 0 heterocycles. The molecule has 0 aliphatic rings. The number of carbonyl (C=O) groups is 1. The molecule has 0 spiro atoms. The van der Waals surface area contributed by atoms with Gasteiger partial charge in [-0.05, 0) is 19.3 Å². The minimum atomic E-state index is -0.142. The van der Waals surface area contributed by atoms with Crippen molar-refractivity contribution in [2.75, 3.05) is 0 Å². The summed E-state index contributed by atoms with van der Waals surface area (Å²) in [7, 11) is 0. The zero-order valence-corrected chi connectivity index (χ0v) is 26.4. The van der Waals surface area contributed by atoms with E-state index in [1.54, 1.807) is 0 Å². The number of carbonyl (C=O) groups excluding carboxylic acids is 1. The molecule has 0 bridgehead atoms. The molecule has 0 aromatic heterocycles. The van der Waals surface area contributed by atoms with Gasteiger partial charge in [0.25, 0.3) is 0 Å². The van der Waals surface area contributed by atoms with Crippen molar-refractivity contribution >= 4 is 5.91 Å². The fourth-order valence-electron chi connectivity index (χ4n) is 5.61. The van der Waals surface area contributed by atoms with Crippen molar-refractivity contribution in [3.63, 3.8) is 0 Å². The lowest BCUT2D eigenvalue weighted by Crippen LogP contribution is -2.21. The Morgan fingerprint density at radius 2 is 0.763 bits per heavy atom. The molecule has 226 valence electrons. The SMILES string of the molecule is CCCCCCCCCCCCCCCCCC/C=C/C(CCCCCCCCCCCCCC)C(N)=O. The summed E-state index contributed by atoms with van der Waals surface area (Å²) in [6.45, 7) is 4.58. The van der Waals surface area contributed by atoms with E-state index >= 15 is 0 Å². The van der Waals surface area contributed by atoms with Gasteiger partial charge in [-0.3, -0.25) is 4.79 Å². The van der Waals surface area contributed by atoms with Gasteiger partial charge in [0, 0.05) is 0 Å². The molecule has 0 aliphatic carbocycles. The van der Waals surface area contributed by atoms with Gasteiger partial charge in [0.05, 0.1) is 5.92 Å². The van der Waals surface area contributed by atoms with Crippen molar-refractivity contribution in [3.05, 3.63) is 12.2 Å². The Morgan fingerprint density at radius 3 is 1.08 bits per heavy atom. The molecule has 0 aromatic carbocycles. The minimum absolute atomic E-state index is 0.0563. The van der Waals surface area contributed by atoms with Crippen molar-refractivity contribution in [2.45, 2.75) is 206 Å². The Labute approximate surface area is 240 Å². The van der Waals surface area contributed by atoms with Crippen LogP contribution in [0.1, 0.15) is 206 Å². The van der Waals surface area contributed by atoms with Crippen LogP contribution in [0.25, 0.3) is 0 Å². The first-order valence-electron chi connectivity index (χ1n) is 17.7. The van der Waals surface area contributed by atoms with E-state index in [4.69, 9.17) is 5.73 Å². The third kappa shape index (κ3) is 29.8. The van der Waals surface area contributed by atoms with Crippen LogP contribution in [-0.4, -0.2) is 5.91 Å². The highest BCUT2D eigenvalue weighted by Gasteiger charge is 2.10. The lowest BCUT2D eigenvalue weighted by atomic mass is 9.98. The summed E-state index contributed by atoms with van der Waals surface area (Å²) in [5.74, 6) is -0.199. The van der Waals surface area contributed by atoms with Crippen LogP contribution in [0.3, 0.4) is 0 Å². The maximum Gasteiger partial charge on any atom is 0.224 e. The van der Waals surface area contributed by atoms with E-state index in [9.17, 15) is 4.79 Å². The van der Waals surface area contributed by atoms with Gasteiger partial charge in [-0.25, -0.2) is 0 Å². The molecule has 1 unspecified atom stereocenters. The van der Waals surface area contributed by atoms with E-state index < -0.39 is 0 Å². The predicted octanol–water partition coefficient (Wildman–Crippen LogP) is 12.4. The van der Waals surface area contributed by atoms with Crippen LogP contribution in [0.5, 0.6) is 0 Å². The highest BCUT2D eigenvalue weighted by molar-refractivity contribution is 5.78. The fraction of sp³-hybridized carbons (Fsp3) is 0.917. The predicted molar refractivity (Wildman–Crippen MR) is 172 cm³/mol. The van der Waals surface area contributed by atoms with Crippen molar-refractivity contribution in [3.8, 4) is 0 Å². The first-order valence-corrected chi connectivity index (χ1v) is 17.7. The molecule has 1 amide bonds. The van der Waals surface area contributed by atoms with Crippen molar-refractivity contribution in [1.29, 1.82) is 0 Å². The van der Waals surface area contributed by atoms with Crippen molar-refractivity contribution < 1.29 is 4.79 Å². The Hall–Kier alpha value is -0.790. The Bertz CT molecular complexity index is 486. The van der Waals surface area contributed by atoms with Gasteiger partial charge in [0.15, 0.2) is 0 Å². The minimum Gasteiger partial charge on any atom is -0.369 e. The topological polar surface area (TPSA) is 43.1 Å². The second-order valence-corrected chi connectivity index (χ2v) is 12.2. The largest absolute Gasteiger partial charge is 0.369 e. The third-order valence-corrected chi connectivity index (χ3v) is 8.33. The summed E-state index contributed by atoms with van der Waals surface area (Å²) in [5.41, 5.74) is 5.66. The number of hydrogen-bond donors (Lipinski definition) is 1. The van der Waals surface area contributed by atoms with Gasteiger partial charge in [-0.2, -0.15) is 0 Å². The number of nitrogens with two attached hydrogens (primary N) is 1. The molecule has 2 nitrogen and oxygen atoms in total. The molecule has 38 heavy (non-hydrogen) atoms. The van der Waals surface area contributed by atoms with Crippen LogP contribution in [0, 0.1) is 5.92 Å². The van der Waals surface area contributed by atoms with Gasteiger partial charge < -0.3 is 5.73 Å². The smallest absolute Gasteiger partial charge is 0.224 e. The summed E-state index contributed by atoms with van der Waals surface area (Å²) in [6.07, 6.45) is 45.1. The molecule has 0 aromatic rings. The number of hydrogen-bond acceptors (Lipinski definition) is 1. The quantitative estimate of drug-likeness (QED) is 0.0678. The lowest BCUT2D eigenvalue weighted by molar-refractivity contribution is -0.120. The van der Waals surface area contributed by atoms with Crippen LogP contribution in [0.4, 0.5) is 0 Å². The summed E-state index contributed by atoms with van der Waals surface area (Å²) in [5, 5.41) is 0. The van der Waals surface area contributed by atoms with Crippen molar-refractivity contribution in [2.24, 2.45) is 11.7 Å². The molecule has 0 rings (SSSR count). The molecule has 0 fully saturated rings. The highest BCUT2D eigenvalue weighted by atomic mass is 16.1. The van der Waals surface area contributed by atoms with Gasteiger partial charge in [0.1, 0.15) is 0 Å². The summed E-state index contributed by atoms with van der Waals surface area (Å²) in [4.78, 5) is 11.8. The monoisotopic (exact) mass is 534 g/mol. The molecule has 0 saturated carbocycles. The van der Waals surface area contributed by atoms with E-state index in [2.05, 4.69) is 26.0 Å². The number of rotatable bonds is 32. The second-order valence-electron chi connectivity index (χ2n) is 12.2. The number of allylic oxidation sites excluding steroid dienone is 1. The molecular formula is C36H71NO.